The first-order valence-electron chi connectivity index (χ1n) is 10.5. The number of pyridine rings is 1. The highest BCUT2D eigenvalue weighted by Crippen LogP contribution is 2.27. The van der Waals surface area contributed by atoms with Crippen LogP contribution < -0.4 is 10.9 Å². The smallest absolute Gasteiger partial charge is 0.421 e. The Morgan fingerprint density at radius 2 is 1.65 bits per heavy atom. The zero-order valence-corrected chi connectivity index (χ0v) is 18.2. The summed E-state index contributed by atoms with van der Waals surface area (Å²) in [5.74, 6) is -2.69. The highest BCUT2D eigenvalue weighted by atomic mass is 19.4. The second-order valence-corrected chi connectivity index (χ2v) is 8.04. The van der Waals surface area contributed by atoms with Gasteiger partial charge in [0.25, 0.3) is 11.5 Å². The number of benzene rings is 2. The number of carboxylic acid groups (broad SMARTS) is 1. The molecule has 0 fully saturated rings. The minimum Gasteiger partial charge on any atom is -0.481 e. The fourth-order valence-electron chi connectivity index (χ4n) is 3.56. The molecule has 2 unspecified atom stereocenters. The highest BCUT2D eigenvalue weighted by Gasteiger charge is 2.34. The van der Waals surface area contributed by atoms with Gasteiger partial charge in [0.2, 0.25) is 0 Å². The SMILES string of the molecule is CC(CC(Cc1ccc(-c2ccccc2)cc1)NC(=O)c1c[nH]c(=O)c(C(F)(F)F)c1)C(=O)O. The van der Waals surface area contributed by atoms with Crippen molar-refractivity contribution < 1.29 is 27.9 Å². The molecule has 3 aromatic rings. The minimum atomic E-state index is -4.92. The van der Waals surface area contributed by atoms with E-state index in [4.69, 9.17) is 0 Å². The molecule has 0 aliphatic rings. The molecule has 9 heteroatoms. The Balaban J connectivity index is 1.80. The van der Waals surface area contributed by atoms with Gasteiger partial charge in [0.1, 0.15) is 5.56 Å². The van der Waals surface area contributed by atoms with Crippen molar-refractivity contribution in [3.63, 3.8) is 0 Å². The van der Waals surface area contributed by atoms with Gasteiger partial charge in [-0.2, -0.15) is 13.2 Å². The maximum Gasteiger partial charge on any atom is 0.421 e. The summed E-state index contributed by atoms with van der Waals surface area (Å²) in [6.07, 6.45) is -3.67. The van der Waals surface area contributed by atoms with Crippen molar-refractivity contribution in [2.75, 3.05) is 0 Å². The zero-order valence-electron chi connectivity index (χ0n) is 18.2. The van der Waals surface area contributed by atoms with Gasteiger partial charge in [-0.15, -0.1) is 0 Å². The molecule has 0 saturated heterocycles. The molecule has 6 nitrogen and oxygen atoms in total. The number of aromatic amines is 1. The van der Waals surface area contributed by atoms with E-state index in [0.29, 0.717) is 6.07 Å². The van der Waals surface area contributed by atoms with Crippen LogP contribution in [-0.4, -0.2) is 28.0 Å². The van der Waals surface area contributed by atoms with Crippen molar-refractivity contribution in [2.24, 2.45) is 5.92 Å². The number of carbonyl (C=O) groups excluding carboxylic acids is 1. The normalized spacial score (nSPS) is 13.2. The minimum absolute atomic E-state index is 0.0665. The van der Waals surface area contributed by atoms with Gasteiger partial charge in [-0.05, 0) is 35.6 Å². The Morgan fingerprint density at radius 1 is 1.03 bits per heavy atom. The van der Waals surface area contributed by atoms with Crippen LogP contribution in [0.1, 0.15) is 34.8 Å². The van der Waals surface area contributed by atoms with E-state index in [9.17, 15) is 32.7 Å². The molecule has 0 spiro atoms. The lowest BCUT2D eigenvalue weighted by molar-refractivity contribution is -0.141. The lowest BCUT2D eigenvalue weighted by atomic mass is 9.94. The monoisotopic (exact) mass is 472 g/mol. The topological polar surface area (TPSA) is 99.3 Å². The molecular weight excluding hydrogens is 449 g/mol. The van der Waals surface area contributed by atoms with Gasteiger partial charge in [0.05, 0.1) is 11.5 Å². The Hall–Kier alpha value is -3.88. The molecule has 0 bridgehead atoms. The molecule has 3 N–H and O–H groups in total. The number of hydrogen-bond acceptors (Lipinski definition) is 3. The molecule has 178 valence electrons. The molecule has 0 saturated carbocycles. The molecule has 1 amide bonds. The van der Waals surface area contributed by atoms with E-state index in [-0.39, 0.29) is 18.4 Å². The standard InChI is InChI=1S/C25H23F3N2O4/c1-15(24(33)34)11-20(12-16-7-9-18(10-8-16)17-5-3-2-4-6-17)30-22(31)19-13-21(25(26,27)28)23(32)29-14-19/h2-10,13-15,20H,11-12H2,1H3,(H,29,32)(H,30,31)(H,33,34). The molecule has 0 radical (unpaired) electrons. The quantitative estimate of drug-likeness (QED) is 0.449. The van der Waals surface area contributed by atoms with Crippen molar-refractivity contribution in [1.29, 1.82) is 0 Å². The fourth-order valence-corrected chi connectivity index (χ4v) is 3.56. The predicted octanol–water partition coefficient (Wildman–Crippen LogP) is 4.51. The van der Waals surface area contributed by atoms with E-state index < -0.39 is 41.1 Å². The van der Waals surface area contributed by atoms with Crippen molar-refractivity contribution in [1.82, 2.24) is 10.3 Å². The summed E-state index contributed by atoms with van der Waals surface area (Å²) >= 11 is 0. The van der Waals surface area contributed by atoms with E-state index in [0.717, 1.165) is 22.9 Å². The number of aromatic nitrogens is 1. The van der Waals surface area contributed by atoms with Gasteiger partial charge in [-0.3, -0.25) is 14.4 Å². The highest BCUT2D eigenvalue weighted by molar-refractivity contribution is 5.94. The van der Waals surface area contributed by atoms with Crippen molar-refractivity contribution in [3.05, 3.63) is 93.9 Å². The lowest BCUT2D eigenvalue weighted by Gasteiger charge is -2.21. The molecular formula is C25H23F3N2O4. The second-order valence-electron chi connectivity index (χ2n) is 8.04. The molecule has 0 aliphatic heterocycles. The van der Waals surface area contributed by atoms with Gasteiger partial charge in [-0.25, -0.2) is 0 Å². The Labute approximate surface area is 193 Å². The third kappa shape index (κ3) is 6.34. The van der Waals surface area contributed by atoms with E-state index in [1.54, 1.807) is 0 Å². The number of carboxylic acids is 1. The number of hydrogen-bond donors (Lipinski definition) is 3. The molecule has 2 aromatic carbocycles. The summed E-state index contributed by atoms with van der Waals surface area (Å²) in [7, 11) is 0. The number of amides is 1. The molecule has 34 heavy (non-hydrogen) atoms. The summed E-state index contributed by atoms with van der Waals surface area (Å²) in [6, 6.07) is 17.0. The molecule has 1 aromatic heterocycles. The van der Waals surface area contributed by atoms with Crippen LogP contribution in [0.3, 0.4) is 0 Å². The summed E-state index contributed by atoms with van der Waals surface area (Å²) in [6.45, 7) is 1.49. The molecule has 2 atom stereocenters. The summed E-state index contributed by atoms with van der Waals surface area (Å²) in [5, 5.41) is 11.9. The summed E-state index contributed by atoms with van der Waals surface area (Å²) in [4.78, 5) is 37.4. The van der Waals surface area contributed by atoms with Crippen LogP contribution >= 0.6 is 0 Å². The number of carbonyl (C=O) groups is 2. The van der Waals surface area contributed by atoms with Crippen molar-refractivity contribution >= 4 is 11.9 Å². The van der Waals surface area contributed by atoms with Crippen molar-refractivity contribution in [2.45, 2.75) is 32.0 Å². The van der Waals surface area contributed by atoms with Crippen molar-refractivity contribution in [3.8, 4) is 11.1 Å². The lowest BCUT2D eigenvalue weighted by Crippen LogP contribution is -2.39. The molecule has 1 heterocycles. The van der Waals surface area contributed by atoms with Crippen LogP contribution in [0.15, 0.2) is 71.7 Å². The Morgan fingerprint density at radius 3 is 2.24 bits per heavy atom. The van der Waals surface area contributed by atoms with Gasteiger partial charge in [0, 0.05) is 12.2 Å². The number of nitrogens with one attached hydrogen (secondary N) is 2. The summed E-state index contributed by atoms with van der Waals surface area (Å²) < 4.78 is 39.1. The number of aliphatic carboxylic acids is 1. The van der Waals surface area contributed by atoms with Crippen LogP contribution in [0.5, 0.6) is 0 Å². The fraction of sp³-hybridized carbons (Fsp3) is 0.240. The Bertz CT molecular complexity index is 1210. The third-order valence-electron chi connectivity index (χ3n) is 5.41. The molecule has 0 aliphatic carbocycles. The molecule has 3 rings (SSSR count). The van der Waals surface area contributed by atoms with E-state index in [1.165, 1.54) is 6.92 Å². The first-order chi connectivity index (χ1) is 16.0. The number of halogens is 3. The van der Waals surface area contributed by atoms with E-state index in [1.807, 2.05) is 59.6 Å². The number of H-pyrrole nitrogens is 1. The van der Waals surface area contributed by atoms with Gasteiger partial charge >= 0.3 is 12.1 Å². The number of rotatable bonds is 8. The van der Waals surface area contributed by atoms with Gasteiger partial charge < -0.3 is 15.4 Å². The third-order valence-corrected chi connectivity index (χ3v) is 5.41. The van der Waals surface area contributed by atoms with E-state index in [2.05, 4.69) is 5.32 Å². The average molecular weight is 472 g/mol. The zero-order chi connectivity index (χ0) is 24.9. The Kier molecular flexibility index (Phi) is 7.55. The maximum absolute atomic E-state index is 13.0. The van der Waals surface area contributed by atoms with Crippen LogP contribution in [-0.2, 0) is 17.4 Å². The van der Waals surface area contributed by atoms with E-state index >= 15 is 0 Å². The first kappa shape index (κ1) is 24.8. The average Bonchev–Trinajstić information content (AvgIpc) is 2.79. The van der Waals surface area contributed by atoms with Gasteiger partial charge in [-0.1, -0.05) is 61.5 Å². The van der Waals surface area contributed by atoms with Crippen LogP contribution in [0.4, 0.5) is 13.2 Å². The van der Waals surface area contributed by atoms with Crippen LogP contribution in [0, 0.1) is 5.92 Å². The van der Waals surface area contributed by atoms with Crippen LogP contribution in [0.25, 0.3) is 11.1 Å². The first-order valence-corrected chi connectivity index (χ1v) is 10.5. The maximum atomic E-state index is 13.0. The predicted molar refractivity (Wildman–Crippen MR) is 120 cm³/mol. The second kappa shape index (κ2) is 10.4. The largest absolute Gasteiger partial charge is 0.481 e. The van der Waals surface area contributed by atoms with Gasteiger partial charge in [0.15, 0.2) is 0 Å². The van der Waals surface area contributed by atoms with Crippen LogP contribution in [0.2, 0.25) is 0 Å². The summed E-state index contributed by atoms with van der Waals surface area (Å²) in [5.41, 5.74) is -0.376. The number of alkyl halides is 3.